The molecule has 0 aromatic carbocycles. The van der Waals surface area contributed by atoms with E-state index in [1.54, 1.807) is 18.3 Å². The minimum absolute atomic E-state index is 0.00484. The highest BCUT2D eigenvalue weighted by molar-refractivity contribution is 5.92. The van der Waals surface area contributed by atoms with Crippen molar-refractivity contribution < 1.29 is 14.3 Å². The number of carbonyl (C=O) groups is 2. The lowest BCUT2D eigenvalue weighted by molar-refractivity contribution is -0.118. The summed E-state index contributed by atoms with van der Waals surface area (Å²) < 4.78 is 5.78. The molecule has 0 bridgehead atoms. The Balaban J connectivity index is 1.67. The van der Waals surface area contributed by atoms with Crippen LogP contribution in [0.25, 0.3) is 0 Å². The minimum atomic E-state index is -0.0152. The van der Waals surface area contributed by atoms with E-state index in [0.29, 0.717) is 44.2 Å². The van der Waals surface area contributed by atoms with Crippen LogP contribution in [-0.4, -0.2) is 48.1 Å². The lowest BCUT2D eigenvalue weighted by Crippen LogP contribution is -2.49. The SMILES string of the molecule is CCCNC(=O)N1CC[C@H]2CC(=O)Nc3cccnc3OCC[C@H]2C1. The van der Waals surface area contributed by atoms with Crippen molar-refractivity contribution in [1.29, 1.82) is 0 Å². The Morgan fingerprint density at radius 3 is 3.16 bits per heavy atom. The number of carbonyl (C=O) groups excluding carboxylic acids is 2. The van der Waals surface area contributed by atoms with E-state index in [1.165, 1.54) is 0 Å². The third-order valence-corrected chi connectivity index (χ3v) is 4.93. The Kier molecular flexibility index (Phi) is 5.73. The molecule has 3 rings (SSSR count). The van der Waals surface area contributed by atoms with E-state index < -0.39 is 0 Å². The van der Waals surface area contributed by atoms with Crippen LogP contribution >= 0.6 is 0 Å². The van der Waals surface area contributed by atoms with Gasteiger partial charge in [0.25, 0.3) is 0 Å². The summed E-state index contributed by atoms with van der Waals surface area (Å²) in [4.78, 5) is 30.7. The quantitative estimate of drug-likeness (QED) is 0.860. The molecular formula is C18H26N4O3. The lowest BCUT2D eigenvalue weighted by Gasteiger charge is -2.38. The molecule has 3 heterocycles. The van der Waals surface area contributed by atoms with Crippen LogP contribution in [0.15, 0.2) is 18.3 Å². The maximum Gasteiger partial charge on any atom is 0.317 e. The van der Waals surface area contributed by atoms with E-state index in [2.05, 4.69) is 15.6 Å². The molecule has 2 N–H and O–H groups in total. The highest BCUT2D eigenvalue weighted by atomic mass is 16.5. The van der Waals surface area contributed by atoms with Crippen molar-refractivity contribution >= 4 is 17.6 Å². The number of pyridine rings is 1. The van der Waals surface area contributed by atoms with Crippen LogP contribution in [-0.2, 0) is 4.79 Å². The van der Waals surface area contributed by atoms with E-state index in [1.807, 2.05) is 11.8 Å². The fourth-order valence-electron chi connectivity index (χ4n) is 3.55. The van der Waals surface area contributed by atoms with Gasteiger partial charge in [-0.1, -0.05) is 6.92 Å². The Morgan fingerprint density at radius 1 is 1.44 bits per heavy atom. The zero-order valence-electron chi connectivity index (χ0n) is 14.7. The molecule has 136 valence electrons. The lowest BCUT2D eigenvalue weighted by atomic mass is 9.81. The number of piperidine rings is 1. The Labute approximate surface area is 148 Å². The second kappa shape index (κ2) is 8.18. The molecule has 2 aliphatic rings. The molecule has 3 amide bonds. The Hall–Kier alpha value is -2.31. The molecular weight excluding hydrogens is 320 g/mol. The standard InChI is InChI=1S/C18H26N4O3/c1-2-7-20-18(24)22-9-5-13-11-16(23)21-15-4-3-8-19-17(15)25-10-6-14(13)12-22/h3-4,8,13-14H,2,5-7,9-12H2,1H3,(H,20,24)(H,21,23)/t13-,14-/m0/s1. The summed E-state index contributed by atoms with van der Waals surface area (Å²) in [6.07, 6.45) is 4.71. The first-order valence-corrected chi connectivity index (χ1v) is 9.07. The Bertz CT molecular complexity index is 622. The predicted molar refractivity (Wildman–Crippen MR) is 94.5 cm³/mol. The van der Waals surface area contributed by atoms with Crippen molar-refractivity contribution in [2.45, 2.75) is 32.6 Å². The molecule has 0 aliphatic carbocycles. The number of nitrogens with one attached hydrogen (secondary N) is 2. The average molecular weight is 346 g/mol. The fourth-order valence-corrected chi connectivity index (χ4v) is 3.55. The van der Waals surface area contributed by atoms with Crippen molar-refractivity contribution in [3.8, 4) is 5.88 Å². The molecule has 25 heavy (non-hydrogen) atoms. The van der Waals surface area contributed by atoms with E-state index in [4.69, 9.17) is 4.74 Å². The average Bonchev–Trinajstić information content (AvgIpc) is 2.62. The number of hydrogen-bond donors (Lipinski definition) is 2. The van der Waals surface area contributed by atoms with Crippen molar-refractivity contribution in [3.63, 3.8) is 0 Å². The molecule has 7 nitrogen and oxygen atoms in total. The van der Waals surface area contributed by atoms with E-state index in [-0.39, 0.29) is 23.8 Å². The maximum atomic E-state index is 12.4. The summed E-state index contributed by atoms with van der Waals surface area (Å²) in [5, 5.41) is 5.84. The maximum absolute atomic E-state index is 12.4. The van der Waals surface area contributed by atoms with Crippen LogP contribution in [0.3, 0.4) is 0 Å². The van der Waals surface area contributed by atoms with Gasteiger partial charge in [-0.2, -0.15) is 0 Å². The second-order valence-corrected chi connectivity index (χ2v) is 6.73. The molecule has 0 spiro atoms. The molecule has 7 heteroatoms. The number of likely N-dealkylation sites (tertiary alicyclic amines) is 1. The molecule has 0 radical (unpaired) electrons. The fraction of sp³-hybridized carbons (Fsp3) is 0.611. The van der Waals surface area contributed by atoms with Crippen molar-refractivity contribution in [1.82, 2.24) is 15.2 Å². The van der Waals surface area contributed by atoms with Gasteiger partial charge in [-0.3, -0.25) is 4.79 Å². The molecule has 0 saturated carbocycles. The summed E-state index contributed by atoms with van der Waals surface area (Å²) in [5.74, 6) is 0.982. The van der Waals surface area contributed by atoms with Crippen LogP contribution in [0.5, 0.6) is 5.88 Å². The number of ether oxygens (including phenoxy) is 1. The third kappa shape index (κ3) is 4.41. The van der Waals surface area contributed by atoms with Gasteiger partial charge in [0.05, 0.1) is 6.61 Å². The summed E-state index contributed by atoms with van der Waals surface area (Å²) in [6.45, 7) is 4.63. The van der Waals surface area contributed by atoms with E-state index >= 15 is 0 Å². The Morgan fingerprint density at radius 2 is 2.32 bits per heavy atom. The van der Waals surface area contributed by atoms with Crippen molar-refractivity contribution in [3.05, 3.63) is 18.3 Å². The van der Waals surface area contributed by atoms with Gasteiger partial charge < -0.3 is 20.3 Å². The second-order valence-electron chi connectivity index (χ2n) is 6.73. The first-order valence-electron chi connectivity index (χ1n) is 9.07. The van der Waals surface area contributed by atoms with E-state index in [9.17, 15) is 9.59 Å². The molecule has 1 aromatic heterocycles. The summed E-state index contributed by atoms with van der Waals surface area (Å²) in [6, 6.07) is 3.58. The normalized spacial score (nSPS) is 23.6. The van der Waals surface area contributed by atoms with Gasteiger partial charge in [-0.05, 0) is 43.2 Å². The summed E-state index contributed by atoms with van der Waals surface area (Å²) in [5.41, 5.74) is 0.627. The molecule has 1 saturated heterocycles. The number of anilines is 1. The minimum Gasteiger partial charge on any atom is -0.476 e. The molecule has 0 unspecified atom stereocenters. The van der Waals surface area contributed by atoms with Gasteiger partial charge in [0, 0.05) is 32.3 Å². The topological polar surface area (TPSA) is 83.6 Å². The summed E-state index contributed by atoms with van der Waals surface area (Å²) >= 11 is 0. The highest BCUT2D eigenvalue weighted by Crippen LogP contribution is 2.32. The van der Waals surface area contributed by atoms with Gasteiger partial charge in [0.15, 0.2) is 0 Å². The zero-order chi connectivity index (χ0) is 17.6. The van der Waals surface area contributed by atoms with E-state index in [0.717, 1.165) is 19.3 Å². The van der Waals surface area contributed by atoms with Gasteiger partial charge >= 0.3 is 6.03 Å². The number of fused-ring (bicyclic) bond motifs is 2. The number of amides is 3. The number of hydrogen-bond acceptors (Lipinski definition) is 4. The smallest absolute Gasteiger partial charge is 0.317 e. The highest BCUT2D eigenvalue weighted by Gasteiger charge is 2.33. The van der Waals surface area contributed by atoms with Crippen LogP contribution in [0.1, 0.15) is 32.6 Å². The van der Waals surface area contributed by atoms with Gasteiger partial charge in [-0.25, -0.2) is 9.78 Å². The number of urea groups is 1. The van der Waals surface area contributed by atoms with Gasteiger partial charge in [0.2, 0.25) is 11.8 Å². The predicted octanol–water partition coefficient (Wildman–Crippen LogP) is 2.25. The zero-order valence-corrected chi connectivity index (χ0v) is 14.7. The molecule has 1 fully saturated rings. The van der Waals surface area contributed by atoms with Crippen molar-refractivity contribution in [2.24, 2.45) is 11.8 Å². The van der Waals surface area contributed by atoms with Crippen LogP contribution < -0.4 is 15.4 Å². The monoisotopic (exact) mass is 346 g/mol. The third-order valence-electron chi connectivity index (χ3n) is 4.93. The van der Waals surface area contributed by atoms with Crippen LogP contribution in [0, 0.1) is 11.8 Å². The van der Waals surface area contributed by atoms with Gasteiger partial charge in [0.1, 0.15) is 5.69 Å². The van der Waals surface area contributed by atoms with Crippen LogP contribution in [0.2, 0.25) is 0 Å². The molecule has 1 aromatic rings. The summed E-state index contributed by atoms with van der Waals surface area (Å²) in [7, 11) is 0. The molecule has 2 aliphatic heterocycles. The van der Waals surface area contributed by atoms with Gasteiger partial charge in [-0.15, -0.1) is 0 Å². The first kappa shape index (κ1) is 17.5. The first-order chi connectivity index (χ1) is 12.2. The molecule has 2 atom stereocenters. The number of nitrogens with zero attached hydrogens (tertiary/aromatic N) is 2. The number of aromatic nitrogens is 1. The van der Waals surface area contributed by atoms with Crippen LogP contribution in [0.4, 0.5) is 10.5 Å². The number of rotatable bonds is 2. The largest absolute Gasteiger partial charge is 0.476 e. The van der Waals surface area contributed by atoms with Crippen molar-refractivity contribution in [2.75, 3.05) is 31.6 Å².